The Labute approximate surface area is 120 Å². The molecule has 0 spiro atoms. The van der Waals surface area contributed by atoms with Crippen molar-refractivity contribution in [1.29, 1.82) is 5.26 Å². The summed E-state index contributed by atoms with van der Waals surface area (Å²) in [6.07, 6.45) is 1.75. The Morgan fingerprint density at radius 1 is 1.56 bits per heavy atom. The second-order valence-electron chi connectivity index (χ2n) is 3.89. The van der Waals surface area contributed by atoms with Crippen LogP contribution >= 0.6 is 28.1 Å². The van der Waals surface area contributed by atoms with Gasteiger partial charge in [-0.2, -0.15) is 5.26 Å². The molecule has 1 rings (SSSR count). The van der Waals surface area contributed by atoms with Gasteiger partial charge in [0, 0.05) is 0 Å². The maximum absolute atomic E-state index is 8.88. The smallest absolute Gasteiger partial charge is 0.133 e. The second kappa shape index (κ2) is 6.53. The minimum atomic E-state index is 0.0936. The molecule has 0 atom stereocenters. The molecule has 0 aliphatic rings. The van der Waals surface area contributed by atoms with Crippen molar-refractivity contribution in [2.75, 3.05) is 0 Å². The highest BCUT2D eigenvalue weighted by atomic mass is 79.9. The van der Waals surface area contributed by atoms with E-state index in [1.54, 1.807) is 6.08 Å². The second-order valence-corrected chi connectivity index (χ2v) is 5.18. The third kappa shape index (κ3) is 4.13. The van der Waals surface area contributed by atoms with Gasteiger partial charge < -0.3 is 10.5 Å². The summed E-state index contributed by atoms with van der Waals surface area (Å²) >= 11 is 8.20. The fourth-order valence-electron chi connectivity index (χ4n) is 1.28. The van der Waals surface area contributed by atoms with Gasteiger partial charge in [0.2, 0.25) is 0 Å². The molecule has 0 aliphatic carbocycles. The van der Waals surface area contributed by atoms with Gasteiger partial charge in [0.05, 0.1) is 16.1 Å². The highest BCUT2D eigenvalue weighted by Gasteiger charge is 2.05. The highest BCUT2D eigenvalue weighted by molar-refractivity contribution is 9.10. The quantitative estimate of drug-likeness (QED) is 0.523. The maximum Gasteiger partial charge on any atom is 0.133 e. The summed E-state index contributed by atoms with van der Waals surface area (Å²) in [7, 11) is 0. The number of nitrogens with two attached hydrogens (primary N) is 1. The molecule has 94 valence electrons. The van der Waals surface area contributed by atoms with Crippen LogP contribution < -0.4 is 10.5 Å². The molecule has 1 aromatic carbocycles. The number of nitrogens with zero attached hydrogens (tertiary/aromatic N) is 1. The highest BCUT2D eigenvalue weighted by Crippen LogP contribution is 2.27. The molecule has 0 saturated carbocycles. The molecule has 3 nitrogen and oxygen atoms in total. The van der Waals surface area contributed by atoms with Crippen molar-refractivity contribution in [3.8, 4) is 11.8 Å². The number of halogens is 1. The average Bonchev–Trinajstić information content (AvgIpc) is 2.28. The number of hydrogen-bond acceptors (Lipinski definition) is 3. The lowest BCUT2D eigenvalue weighted by Gasteiger charge is -2.11. The fourth-order valence-corrected chi connectivity index (χ4v) is 1.88. The van der Waals surface area contributed by atoms with E-state index in [1.165, 1.54) is 0 Å². The Morgan fingerprint density at radius 2 is 2.22 bits per heavy atom. The standard InChI is InChI=1S/C13H13BrN2OS/c1-8(2)17-12-4-3-9(6-11(12)14)5-10(7-15)13(16)18/h3-6,8H,1-2H3,(H2,16,18)/b10-5-. The van der Waals surface area contributed by atoms with E-state index >= 15 is 0 Å². The number of hydrogen-bond donors (Lipinski definition) is 1. The van der Waals surface area contributed by atoms with Gasteiger partial charge in [0.1, 0.15) is 16.8 Å². The van der Waals surface area contributed by atoms with Crippen molar-refractivity contribution in [2.45, 2.75) is 20.0 Å². The minimum Gasteiger partial charge on any atom is -0.490 e. The summed E-state index contributed by atoms with van der Waals surface area (Å²) in [5, 5.41) is 8.88. The predicted molar refractivity (Wildman–Crippen MR) is 80.3 cm³/mol. The van der Waals surface area contributed by atoms with E-state index in [9.17, 15) is 0 Å². The molecule has 0 amide bonds. The summed E-state index contributed by atoms with van der Waals surface area (Å²) < 4.78 is 6.42. The molecule has 18 heavy (non-hydrogen) atoms. The zero-order chi connectivity index (χ0) is 13.7. The first-order valence-corrected chi connectivity index (χ1v) is 6.52. The zero-order valence-electron chi connectivity index (χ0n) is 10.1. The van der Waals surface area contributed by atoms with Gasteiger partial charge in [-0.1, -0.05) is 18.3 Å². The van der Waals surface area contributed by atoms with Crippen LogP contribution in [0, 0.1) is 11.3 Å². The summed E-state index contributed by atoms with van der Waals surface area (Å²) in [4.78, 5) is 0.0936. The Morgan fingerprint density at radius 3 is 2.67 bits per heavy atom. The van der Waals surface area contributed by atoms with E-state index in [0.29, 0.717) is 0 Å². The van der Waals surface area contributed by atoms with Crippen LogP contribution in [0.15, 0.2) is 28.2 Å². The lowest BCUT2D eigenvalue weighted by molar-refractivity contribution is 0.241. The summed E-state index contributed by atoms with van der Waals surface area (Å²) in [6.45, 7) is 3.92. The third-order valence-corrected chi connectivity index (χ3v) is 2.86. The number of rotatable bonds is 4. The molecule has 0 fully saturated rings. The van der Waals surface area contributed by atoms with E-state index in [-0.39, 0.29) is 16.7 Å². The van der Waals surface area contributed by atoms with E-state index in [1.807, 2.05) is 38.1 Å². The van der Waals surface area contributed by atoms with Crippen molar-refractivity contribution in [2.24, 2.45) is 5.73 Å². The Balaban J connectivity index is 3.05. The lowest BCUT2D eigenvalue weighted by atomic mass is 10.1. The molecule has 0 saturated heterocycles. The number of nitriles is 1. The van der Waals surface area contributed by atoms with E-state index in [4.69, 9.17) is 28.0 Å². The maximum atomic E-state index is 8.88. The average molecular weight is 325 g/mol. The van der Waals surface area contributed by atoms with Gasteiger partial charge in [0.15, 0.2) is 0 Å². The summed E-state index contributed by atoms with van der Waals surface area (Å²) in [5.74, 6) is 0.760. The van der Waals surface area contributed by atoms with Crippen LogP contribution in [0.2, 0.25) is 0 Å². The van der Waals surface area contributed by atoms with Crippen LogP contribution in [-0.4, -0.2) is 11.1 Å². The summed E-state index contributed by atoms with van der Waals surface area (Å²) in [6, 6.07) is 7.50. The Kier molecular flexibility index (Phi) is 5.32. The van der Waals surface area contributed by atoms with Crippen LogP contribution in [0.3, 0.4) is 0 Å². The van der Waals surface area contributed by atoms with Crippen LogP contribution in [0.4, 0.5) is 0 Å². The molecular weight excluding hydrogens is 312 g/mol. The molecule has 0 bridgehead atoms. The predicted octanol–water partition coefficient (Wildman–Crippen LogP) is 3.43. The van der Waals surface area contributed by atoms with Crippen LogP contribution in [-0.2, 0) is 0 Å². The zero-order valence-corrected chi connectivity index (χ0v) is 12.5. The molecule has 1 aromatic rings. The topological polar surface area (TPSA) is 59.0 Å². The first-order valence-electron chi connectivity index (χ1n) is 5.32. The first-order chi connectivity index (χ1) is 8.43. The summed E-state index contributed by atoms with van der Waals surface area (Å²) in [5.41, 5.74) is 6.56. The first kappa shape index (κ1) is 14.7. The Bertz CT molecular complexity index is 532. The number of benzene rings is 1. The monoisotopic (exact) mass is 324 g/mol. The number of ether oxygens (including phenoxy) is 1. The van der Waals surface area contributed by atoms with Crippen molar-refractivity contribution >= 4 is 39.2 Å². The van der Waals surface area contributed by atoms with Gasteiger partial charge in [-0.3, -0.25) is 0 Å². The minimum absolute atomic E-state index is 0.0936. The van der Waals surface area contributed by atoms with E-state index in [2.05, 4.69) is 15.9 Å². The molecule has 0 unspecified atom stereocenters. The van der Waals surface area contributed by atoms with Crippen LogP contribution in [0.1, 0.15) is 19.4 Å². The molecule has 5 heteroatoms. The van der Waals surface area contributed by atoms with E-state index in [0.717, 1.165) is 15.8 Å². The number of thiocarbonyl (C=S) groups is 1. The van der Waals surface area contributed by atoms with E-state index < -0.39 is 0 Å². The van der Waals surface area contributed by atoms with Gasteiger partial charge >= 0.3 is 0 Å². The SMILES string of the molecule is CC(C)Oc1ccc(/C=C(/C#N)C(N)=S)cc1Br. The van der Waals surface area contributed by atoms with Gasteiger partial charge in [-0.25, -0.2) is 0 Å². The normalized spacial score (nSPS) is 11.2. The third-order valence-electron chi connectivity index (χ3n) is 2.02. The van der Waals surface area contributed by atoms with Gasteiger partial charge in [0.25, 0.3) is 0 Å². The van der Waals surface area contributed by atoms with Crippen molar-refractivity contribution in [3.63, 3.8) is 0 Å². The van der Waals surface area contributed by atoms with Crippen molar-refractivity contribution < 1.29 is 4.74 Å². The molecule has 0 aromatic heterocycles. The van der Waals surface area contributed by atoms with Crippen LogP contribution in [0.5, 0.6) is 5.75 Å². The largest absolute Gasteiger partial charge is 0.490 e. The lowest BCUT2D eigenvalue weighted by Crippen LogP contribution is -2.09. The van der Waals surface area contributed by atoms with Crippen molar-refractivity contribution in [1.82, 2.24) is 0 Å². The van der Waals surface area contributed by atoms with Crippen molar-refractivity contribution in [3.05, 3.63) is 33.8 Å². The van der Waals surface area contributed by atoms with Crippen LogP contribution in [0.25, 0.3) is 6.08 Å². The molecule has 0 heterocycles. The fraction of sp³-hybridized carbons (Fsp3) is 0.231. The Hall–Kier alpha value is -1.38. The molecule has 0 aliphatic heterocycles. The molecule has 2 N–H and O–H groups in total. The molecular formula is C13H13BrN2OS. The van der Waals surface area contributed by atoms with Gasteiger partial charge in [-0.05, 0) is 53.5 Å². The van der Waals surface area contributed by atoms with Gasteiger partial charge in [-0.15, -0.1) is 0 Å². The molecule has 0 radical (unpaired) electrons.